The normalized spacial score (nSPS) is 14.3. The second kappa shape index (κ2) is 41.6. The van der Waals surface area contributed by atoms with Gasteiger partial charge < -0.3 is 19.8 Å². The summed E-state index contributed by atoms with van der Waals surface area (Å²) < 4.78 is 23.7. The molecule has 0 aliphatic rings. The first-order valence-electron chi connectivity index (χ1n) is 25.1. The zero-order chi connectivity index (χ0) is 42.8. The summed E-state index contributed by atoms with van der Waals surface area (Å²) in [6.07, 6.45) is 48.2. The first-order valence-corrected chi connectivity index (χ1v) is 26.5. The van der Waals surface area contributed by atoms with Crippen molar-refractivity contribution < 1.29 is 32.9 Å². The number of carbonyl (C=O) groups excluding carboxylic acids is 1. The summed E-state index contributed by atoms with van der Waals surface area (Å²) in [5.41, 5.74) is 0. The standard InChI is InChI=1S/C49H99N2O6P/c1-6-8-10-12-14-16-18-20-22-23-24-25-26-27-28-29-31-33-35-37-39-41-43-49(53)50-47(46-57-58(54,55)56-45-44-51(3,4)5)48(52)42-40-38-36-34-32-30-21-19-17-15-13-11-9-7-2/h32,34,47-48,52H,6-31,33,35-46H2,1-5H3,(H-,50,53,54,55)/p+1/b34-32+/t47-,48+/m0/s1. The molecule has 0 saturated heterocycles. The Kier molecular flexibility index (Phi) is 41.0. The number of nitrogens with one attached hydrogen (secondary N) is 1. The van der Waals surface area contributed by atoms with Gasteiger partial charge in [-0.25, -0.2) is 4.57 Å². The molecular formula is C49H100N2O6P+. The quantitative estimate of drug-likeness (QED) is 0.0244. The molecule has 346 valence electrons. The van der Waals surface area contributed by atoms with Gasteiger partial charge in [0.2, 0.25) is 5.91 Å². The fraction of sp³-hybridized carbons (Fsp3) is 0.939. The molecule has 1 amide bonds. The van der Waals surface area contributed by atoms with Crippen LogP contribution in [0.4, 0.5) is 0 Å². The number of quaternary nitrogens is 1. The average Bonchev–Trinajstić information content (AvgIpc) is 3.17. The number of rotatable bonds is 46. The van der Waals surface area contributed by atoms with Crippen LogP contribution in [0.1, 0.15) is 245 Å². The molecule has 0 aliphatic carbocycles. The molecule has 9 heteroatoms. The molecule has 0 aromatic carbocycles. The number of hydrogen-bond donors (Lipinski definition) is 3. The number of nitrogens with zero attached hydrogens (tertiary/aromatic N) is 1. The van der Waals surface area contributed by atoms with Crippen LogP contribution in [0.15, 0.2) is 12.2 Å². The number of amides is 1. The minimum atomic E-state index is -4.32. The predicted molar refractivity (Wildman–Crippen MR) is 249 cm³/mol. The second-order valence-electron chi connectivity index (χ2n) is 18.5. The first kappa shape index (κ1) is 57.2. The topological polar surface area (TPSA) is 105 Å². The van der Waals surface area contributed by atoms with Crippen molar-refractivity contribution in [2.45, 2.75) is 257 Å². The maximum atomic E-state index is 12.9. The van der Waals surface area contributed by atoms with Gasteiger partial charge in [0.05, 0.1) is 39.9 Å². The van der Waals surface area contributed by atoms with E-state index in [1.807, 2.05) is 21.1 Å². The Morgan fingerprint density at radius 3 is 1.33 bits per heavy atom. The first-order chi connectivity index (χ1) is 28.0. The second-order valence-corrected chi connectivity index (χ2v) is 20.0. The van der Waals surface area contributed by atoms with Crippen LogP contribution in [-0.2, 0) is 18.4 Å². The molecule has 0 aromatic heterocycles. The molecule has 3 atom stereocenters. The molecule has 8 nitrogen and oxygen atoms in total. The molecule has 0 radical (unpaired) electrons. The highest BCUT2D eigenvalue weighted by molar-refractivity contribution is 7.47. The van der Waals surface area contributed by atoms with Crippen molar-refractivity contribution in [1.29, 1.82) is 0 Å². The number of aliphatic hydroxyl groups is 1. The van der Waals surface area contributed by atoms with Crippen molar-refractivity contribution in [2.24, 2.45) is 0 Å². The summed E-state index contributed by atoms with van der Waals surface area (Å²) >= 11 is 0. The number of aliphatic hydroxyl groups excluding tert-OH is 1. The van der Waals surface area contributed by atoms with Gasteiger partial charge in [0, 0.05) is 6.42 Å². The zero-order valence-electron chi connectivity index (χ0n) is 39.3. The highest BCUT2D eigenvalue weighted by Crippen LogP contribution is 2.43. The predicted octanol–water partition coefficient (Wildman–Crippen LogP) is 14.3. The van der Waals surface area contributed by atoms with Crippen LogP contribution >= 0.6 is 7.82 Å². The summed E-state index contributed by atoms with van der Waals surface area (Å²) in [6.45, 7) is 4.89. The molecule has 0 spiro atoms. The van der Waals surface area contributed by atoms with Crippen LogP contribution < -0.4 is 5.32 Å². The molecule has 0 fully saturated rings. The summed E-state index contributed by atoms with van der Waals surface area (Å²) in [7, 11) is 1.61. The molecule has 0 aromatic rings. The highest BCUT2D eigenvalue weighted by atomic mass is 31.2. The van der Waals surface area contributed by atoms with E-state index >= 15 is 0 Å². The van der Waals surface area contributed by atoms with E-state index in [2.05, 4.69) is 31.3 Å². The number of phosphoric acid groups is 1. The molecule has 58 heavy (non-hydrogen) atoms. The van der Waals surface area contributed by atoms with Crippen LogP contribution in [0.3, 0.4) is 0 Å². The van der Waals surface area contributed by atoms with Crippen LogP contribution in [-0.4, -0.2) is 73.4 Å². The van der Waals surface area contributed by atoms with Gasteiger partial charge in [0.25, 0.3) is 0 Å². The summed E-state index contributed by atoms with van der Waals surface area (Å²) in [4.78, 5) is 23.2. The monoisotopic (exact) mass is 844 g/mol. The number of phosphoric ester groups is 1. The number of allylic oxidation sites excluding steroid dienone is 2. The Morgan fingerprint density at radius 2 is 0.931 bits per heavy atom. The van der Waals surface area contributed by atoms with Crippen LogP contribution in [0.25, 0.3) is 0 Å². The maximum Gasteiger partial charge on any atom is 0.472 e. The Balaban J connectivity index is 4.22. The minimum absolute atomic E-state index is 0.0724. The van der Waals surface area contributed by atoms with Crippen molar-refractivity contribution in [3.63, 3.8) is 0 Å². The molecule has 0 bridgehead atoms. The lowest BCUT2D eigenvalue weighted by molar-refractivity contribution is -0.870. The van der Waals surface area contributed by atoms with E-state index in [4.69, 9.17) is 9.05 Å². The van der Waals surface area contributed by atoms with Gasteiger partial charge in [0.1, 0.15) is 13.2 Å². The van der Waals surface area contributed by atoms with E-state index in [0.29, 0.717) is 23.9 Å². The number of hydrogen-bond acceptors (Lipinski definition) is 5. The van der Waals surface area contributed by atoms with Gasteiger partial charge >= 0.3 is 7.82 Å². The lowest BCUT2D eigenvalue weighted by atomic mass is 10.0. The smallest absolute Gasteiger partial charge is 0.391 e. The van der Waals surface area contributed by atoms with E-state index in [9.17, 15) is 19.4 Å². The lowest BCUT2D eigenvalue weighted by Gasteiger charge is -2.26. The highest BCUT2D eigenvalue weighted by Gasteiger charge is 2.28. The SMILES string of the molecule is CCCCCCCCCC/C=C/CCCC[C@@H](O)[C@H](COP(=O)(O)OCC[N+](C)(C)C)NC(=O)CCCCCCCCCCCCCCCCCCCCCCCC. The lowest BCUT2D eigenvalue weighted by Crippen LogP contribution is -2.46. The van der Waals surface area contributed by atoms with E-state index in [0.717, 1.165) is 44.9 Å². The summed E-state index contributed by atoms with van der Waals surface area (Å²) in [5, 5.41) is 14.0. The van der Waals surface area contributed by atoms with E-state index in [-0.39, 0.29) is 19.1 Å². The molecule has 3 N–H and O–H groups in total. The Hall–Kier alpha value is -0.760. The fourth-order valence-corrected chi connectivity index (χ4v) is 8.25. The number of carbonyl (C=O) groups is 1. The molecule has 0 rings (SSSR count). The van der Waals surface area contributed by atoms with Crippen molar-refractivity contribution >= 4 is 13.7 Å². The average molecular weight is 844 g/mol. The van der Waals surface area contributed by atoms with Crippen molar-refractivity contribution in [3.05, 3.63) is 12.2 Å². The zero-order valence-corrected chi connectivity index (χ0v) is 40.2. The molecule has 0 saturated carbocycles. The van der Waals surface area contributed by atoms with Crippen LogP contribution in [0.2, 0.25) is 0 Å². The van der Waals surface area contributed by atoms with Gasteiger partial charge in [-0.2, -0.15) is 0 Å². The van der Waals surface area contributed by atoms with E-state index in [1.165, 1.54) is 173 Å². The largest absolute Gasteiger partial charge is 0.472 e. The van der Waals surface area contributed by atoms with Crippen LogP contribution in [0, 0.1) is 0 Å². The maximum absolute atomic E-state index is 12.9. The Bertz CT molecular complexity index is 958. The van der Waals surface area contributed by atoms with Gasteiger partial charge in [-0.15, -0.1) is 0 Å². The molecule has 0 heterocycles. The fourth-order valence-electron chi connectivity index (χ4n) is 7.51. The summed E-state index contributed by atoms with van der Waals surface area (Å²) in [5.74, 6) is -0.150. The van der Waals surface area contributed by atoms with Gasteiger partial charge in [-0.1, -0.05) is 212 Å². The van der Waals surface area contributed by atoms with Gasteiger partial charge in [-0.05, 0) is 38.5 Å². The molecule has 0 aliphatic heterocycles. The van der Waals surface area contributed by atoms with Gasteiger partial charge in [-0.3, -0.25) is 13.8 Å². The third-order valence-corrected chi connectivity index (χ3v) is 12.5. The van der Waals surface area contributed by atoms with Crippen molar-refractivity contribution in [1.82, 2.24) is 5.32 Å². The third-order valence-electron chi connectivity index (χ3n) is 11.5. The third kappa shape index (κ3) is 43.3. The molecule has 1 unspecified atom stereocenters. The van der Waals surface area contributed by atoms with Gasteiger partial charge in [0.15, 0.2) is 0 Å². The molecular weight excluding hydrogens is 744 g/mol. The van der Waals surface area contributed by atoms with Crippen molar-refractivity contribution in [3.8, 4) is 0 Å². The Morgan fingerprint density at radius 1 is 0.569 bits per heavy atom. The Labute approximate surface area is 361 Å². The number of unbranched alkanes of at least 4 members (excludes halogenated alkanes) is 31. The summed E-state index contributed by atoms with van der Waals surface area (Å²) in [6, 6.07) is -0.771. The van der Waals surface area contributed by atoms with Crippen molar-refractivity contribution in [2.75, 3.05) is 40.9 Å². The van der Waals surface area contributed by atoms with E-state index < -0.39 is 20.0 Å². The number of likely N-dealkylation sites (N-methyl/N-ethyl adjacent to an activating group) is 1. The van der Waals surface area contributed by atoms with Crippen LogP contribution in [0.5, 0.6) is 0 Å². The van der Waals surface area contributed by atoms with E-state index in [1.54, 1.807) is 0 Å². The minimum Gasteiger partial charge on any atom is -0.391 e.